The highest BCUT2D eigenvalue weighted by Crippen LogP contribution is 2.51. The average molecular weight is 627 g/mol. The molecule has 0 fully saturated rings. The van der Waals surface area contributed by atoms with Gasteiger partial charge in [0.15, 0.2) is 0 Å². The topological polar surface area (TPSA) is 0 Å². The summed E-state index contributed by atoms with van der Waals surface area (Å²) in [5, 5.41) is 13.3. The maximum Gasteiger partial charge on any atom is 0.0159 e. The Kier molecular flexibility index (Phi) is 5.71. The summed E-state index contributed by atoms with van der Waals surface area (Å²) in [6.45, 7) is 11.9. The first kappa shape index (κ1) is 28.5. The van der Waals surface area contributed by atoms with E-state index in [9.17, 15) is 0 Å². The van der Waals surface area contributed by atoms with Crippen molar-refractivity contribution in [3.8, 4) is 33.4 Å². The Morgan fingerprint density at radius 3 is 1.80 bits per heavy atom. The van der Waals surface area contributed by atoms with Crippen LogP contribution in [0.5, 0.6) is 0 Å². The van der Waals surface area contributed by atoms with Crippen LogP contribution in [0.3, 0.4) is 0 Å². The molecule has 0 bridgehead atoms. The van der Waals surface area contributed by atoms with Crippen molar-refractivity contribution >= 4 is 53.9 Å². The molecule has 1 aliphatic rings. The molecule has 0 unspecified atom stereocenters. The van der Waals surface area contributed by atoms with Crippen molar-refractivity contribution in [1.29, 1.82) is 0 Å². The SMILES string of the molecule is CC(C)(C)c1c2ccccc2c(-c2ccc3c(c2)C(C)(C)c2ccccc2-3)c2ccc(-c3ccc4ccc5cccc6ccc3c4c56)cc12. The highest BCUT2D eigenvalue weighted by atomic mass is 14.4. The molecular formula is C49H38. The second-order valence-corrected chi connectivity index (χ2v) is 15.7. The standard InChI is InChI=1S/C49H38/c1-48(2,3)47-40-15-7-6-14-37(40)45(33-22-24-36-35-13-8-9-16-42(35)49(4,5)43(36)28-33)39-26-21-32(27-41(39)47)34-23-19-31-18-17-29-11-10-12-30-20-25-38(34)46(31)44(29)30/h6-28H,1-5H3. The number of fused-ring (bicyclic) bond motifs is 5. The van der Waals surface area contributed by atoms with E-state index in [2.05, 4.69) is 174 Å². The van der Waals surface area contributed by atoms with Gasteiger partial charge in [0.25, 0.3) is 0 Å². The van der Waals surface area contributed by atoms with Crippen molar-refractivity contribution in [1.82, 2.24) is 0 Å². The molecule has 0 aromatic heterocycles. The third-order valence-corrected chi connectivity index (χ3v) is 11.5. The molecule has 0 saturated carbocycles. The van der Waals surface area contributed by atoms with Gasteiger partial charge >= 0.3 is 0 Å². The Labute approximate surface area is 288 Å². The van der Waals surface area contributed by atoms with Crippen molar-refractivity contribution in [3.63, 3.8) is 0 Å². The van der Waals surface area contributed by atoms with Crippen molar-refractivity contribution < 1.29 is 0 Å². The molecule has 0 radical (unpaired) electrons. The molecule has 0 saturated heterocycles. The minimum atomic E-state index is -0.0563. The largest absolute Gasteiger partial charge is 0.0619 e. The summed E-state index contributed by atoms with van der Waals surface area (Å²) in [4.78, 5) is 0. The molecule has 9 aromatic carbocycles. The van der Waals surface area contributed by atoms with E-state index < -0.39 is 0 Å². The molecule has 0 aliphatic heterocycles. The molecule has 1 aliphatic carbocycles. The van der Waals surface area contributed by atoms with E-state index in [1.807, 2.05) is 0 Å². The van der Waals surface area contributed by atoms with Crippen LogP contribution in [0, 0.1) is 0 Å². The van der Waals surface area contributed by atoms with Gasteiger partial charge in [-0.1, -0.05) is 162 Å². The van der Waals surface area contributed by atoms with Gasteiger partial charge in [-0.15, -0.1) is 0 Å². The van der Waals surface area contributed by atoms with Gasteiger partial charge in [-0.2, -0.15) is 0 Å². The van der Waals surface area contributed by atoms with Crippen LogP contribution in [0.25, 0.3) is 87.2 Å². The molecule has 0 atom stereocenters. The minimum absolute atomic E-state index is 0.0545. The lowest BCUT2D eigenvalue weighted by atomic mass is 9.76. The summed E-state index contributed by atoms with van der Waals surface area (Å²) in [6.07, 6.45) is 0. The fourth-order valence-electron chi connectivity index (χ4n) is 9.31. The third-order valence-electron chi connectivity index (χ3n) is 11.5. The van der Waals surface area contributed by atoms with Crippen LogP contribution in [-0.4, -0.2) is 0 Å². The van der Waals surface area contributed by atoms with E-state index in [1.165, 1.54) is 104 Å². The van der Waals surface area contributed by atoms with Crippen LogP contribution in [0.2, 0.25) is 0 Å². The Morgan fingerprint density at radius 1 is 0.408 bits per heavy atom. The van der Waals surface area contributed by atoms with Gasteiger partial charge < -0.3 is 0 Å². The van der Waals surface area contributed by atoms with Gasteiger partial charge in [-0.3, -0.25) is 0 Å². The van der Waals surface area contributed by atoms with Crippen molar-refractivity contribution in [2.24, 2.45) is 0 Å². The zero-order valence-electron chi connectivity index (χ0n) is 28.8. The maximum absolute atomic E-state index is 2.49. The summed E-state index contributed by atoms with van der Waals surface area (Å²) in [5.41, 5.74) is 12.0. The fourth-order valence-corrected chi connectivity index (χ4v) is 9.31. The van der Waals surface area contributed by atoms with E-state index in [4.69, 9.17) is 0 Å². The lowest BCUT2D eigenvalue weighted by Crippen LogP contribution is -2.15. The summed E-state index contributed by atoms with van der Waals surface area (Å²) < 4.78 is 0. The molecule has 0 amide bonds. The molecule has 0 heterocycles. The Hall–Kier alpha value is -5.46. The number of benzene rings is 9. The van der Waals surface area contributed by atoms with E-state index in [-0.39, 0.29) is 10.8 Å². The van der Waals surface area contributed by atoms with Crippen LogP contribution in [0.4, 0.5) is 0 Å². The zero-order valence-corrected chi connectivity index (χ0v) is 28.8. The molecule has 0 heteroatoms. The molecule has 0 nitrogen and oxygen atoms in total. The van der Waals surface area contributed by atoms with Crippen LogP contribution in [-0.2, 0) is 10.8 Å². The maximum atomic E-state index is 2.49. The monoisotopic (exact) mass is 626 g/mol. The predicted molar refractivity (Wildman–Crippen MR) is 212 cm³/mol. The van der Waals surface area contributed by atoms with Crippen LogP contribution < -0.4 is 0 Å². The van der Waals surface area contributed by atoms with Crippen LogP contribution >= 0.6 is 0 Å². The Balaban J connectivity index is 1.27. The lowest BCUT2D eigenvalue weighted by molar-refractivity contribution is 0.601. The number of hydrogen-bond acceptors (Lipinski definition) is 0. The summed E-state index contributed by atoms with van der Waals surface area (Å²) in [6, 6.07) is 53.0. The van der Waals surface area contributed by atoms with E-state index >= 15 is 0 Å². The Morgan fingerprint density at radius 2 is 1.00 bits per heavy atom. The smallest absolute Gasteiger partial charge is 0.0159 e. The van der Waals surface area contributed by atoms with Crippen molar-refractivity contribution in [2.45, 2.75) is 45.4 Å². The van der Waals surface area contributed by atoms with Gasteiger partial charge in [0.1, 0.15) is 0 Å². The number of rotatable bonds is 2. The second kappa shape index (κ2) is 9.80. The summed E-state index contributed by atoms with van der Waals surface area (Å²) >= 11 is 0. The van der Waals surface area contributed by atoms with Crippen LogP contribution in [0.15, 0.2) is 140 Å². The minimum Gasteiger partial charge on any atom is -0.0619 e. The molecule has 234 valence electrons. The first-order chi connectivity index (χ1) is 23.7. The first-order valence-electron chi connectivity index (χ1n) is 17.6. The average Bonchev–Trinajstić information content (AvgIpc) is 3.34. The molecule has 0 N–H and O–H groups in total. The Bertz CT molecular complexity index is 2800. The quantitative estimate of drug-likeness (QED) is 0.132. The van der Waals surface area contributed by atoms with Gasteiger partial charge in [0, 0.05) is 5.41 Å². The third kappa shape index (κ3) is 3.92. The van der Waals surface area contributed by atoms with Gasteiger partial charge in [0.05, 0.1) is 0 Å². The van der Waals surface area contributed by atoms with E-state index in [0.29, 0.717) is 0 Å². The molecule has 49 heavy (non-hydrogen) atoms. The van der Waals surface area contributed by atoms with E-state index in [1.54, 1.807) is 0 Å². The van der Waals surface area contributed by atoms with Crippen molar-refractivity contribution in [2.75, 3.05) is 0 Å². The predicted octanol–water partition coefficient (Wildman–Crippen LogP) is 13.8. The highest BCUT2D eigenvalue weighted by molar-refractivity contribution is 6.26. The van der Waals surface area contributed by atoms with Gasteiger partial charge in [0.2, 0.25) is 0 Å². The normalized spacial score (nSPS) is 14.0. The molecule has 0 spiro atoms. The summed E-state index contributed by atoms with van der Waals surface area (Å²) in [5.74, 6) is 0. The molecule has 9 aromatic rings. The van der Waals surface area contributed by atoms with Crippen molar-refractivity contribution in [3.05, 3.63) is 156 Å². The van der Waals surface area contributed by atoms with Crippen LogP contribution in [0.1, 0.15) is 51.3 Å². The van der Waals surface area contributed by atoms with Gasteiger partial charge in [-0.25, -0.2) is 0 Å². The first-order valence-corrected chi connectivity index (χ1v) is 17.6. The second-order valence-electron chi connectivity index (χ2n) is 15.7. The van der Waals surface area contributed by atoms with E-state index in [0.717, 1.165) is 0 Å². The molecule has 10 rings (SSSR count). The number of hydrogen-bond donors (Lipinski definition) is 0. The highest BCUT2D eigenvalue weighted by Gasteiger charge is 2.35. The summed E-state index contributed by atoms with van der Waals surface area (Å²) in [7, 11) is 0. The zero-order chi connectivity index (χ0) is 33.2. The van der Waals surface area contributed by atoms with Gasteiger partial charge in [-0.05, 0) is 121 Å². The lowest BCUT2D eigenvalue weighted by Gasteiger charge is -2.27. The molecular weight excluding hydrogens is 589 g/mol. The fraction of sp³-hybridized carbons (Fsp3) is 0.143.